The number of anilines is 1. The van der Waals surface area contributed by atoms with Crippen LogP contribution in [0.4, 0.5) is 5.69 Å². The maximum absolute atomic E-state index is 11.9. The lowest BCUT2D eigenvalue weighted by Gasteiger charge is -2.24. The second-order valence-electron chi connectivity index (χ2n) is 7.49. The number of nitrogens with zero attached hydrogens (tertiary/aromatic N) is 1. The van der Waals surface area contributed by atoms with Gasteiger partial charge in [-0.2, -0.15) is 0 Å². The number of amides is 1. The van der Waals surface area contributed by atoms with Gasteiger partial charge in [0.2, 0.25) is 5.91 Å². The summed E-state index contributed by atoms with van der Waals surface area (Å²) in [6.07, 6.45) is 1.64. The van der Waals surface area contributed by atoms with Crippen molar-refractivity contribution in [3.63, 3.8) is 0 Å². The molecule has 1 amide bonds. The Morgan fingerprint density at radius 3 is 2.26 bits per heavy atom. The summed E-state index contributed by atoms with van der Waals surface area (Å²) < 4.78 is 0. The largest absolute Gasteiger partial charge is 0.312 e. The van der Waals surface area contributed by atoms with Crippen molar-refractivity contribution in [2.24, 2.45) is 0 Å². The highest BCUT2D eigenvalue weighted by Crippen LogP contribution is 2.34. The van der Waals surface area contributed by atoms with Crippen molar-refractivity contribution in [2.75, 3.05) is 11.4 Å². The number of benzene rings is 2. The highest BCUT2D eigenvalue weighted by molar-refractivity contribution is 5.95. The summed E-state index contributed by atoms with van der Waals surface area (Å²) in [5.74, 6) is 0.239. The molecule has 0 aromatic heterocycles. The second kappa shape index (κ2) is 5.84. The number of hydrogen-bond acceptors (Lipinski definition) is 1. The molecular formula is C21H25NO. The Balaban J connectivity index is 1.98. The van der Waals surface area contributed by atoms with E-state index in [-0.39, 0.29) is 11.3 Å². The van der Waals surface area contributed by atoms with Crippen molar-refractivity contribution in [3.8, 4) is 11.1 Å². The number of carbonyl (C=O) groups is 1. The summed E-state index contributed by atoms with van der Waals surface area (Å²) in [7, 11) is 0. The Kier molecular flexibility index (Phi) is 4.01. The van der Waals surface area contributed by atoms with Crippen LogP contribution in [0.1, 0.15) is 44.7 Å². The molecule has 0 spiro atoms. The van der Waals surface area contributed by atoms with Gasteiger partial charge in [0.15, 0.2) is 0 Å². The van der Waals surface area contributed by atoms with Crippen LogP contribution in [0.3, 0.4) is 0 Å². The van der Waals surface area contributed by atoms with Crippen molar-refractivity contribution in [1.82, 2.24) is 0 Å². The SMILES string of the molecule is Cc1ccc(-c2ccc(N3CCCC3=O)cc2)c(C(C)(C)C)c1. The van der Waals surface area contributed by atoms with Gasteiger partial charge in [0.1, 0.15) is 0 Å². The first-order chi connectivity index (χ1) is 10.9. The molecule has 2 aromatic carbocycles. The molecule has 3 rings (SSSR count). The quantitative estimate of drug-likeness (QED) is 0.757. The van der Waals surface area contributed by atoms with Gasteiger partial charge in [0.05, 0.1) is 0 Å². The van der Waals surface area contributed by atoms with E-state index in [4.69, 9.17) is 0 Å². The summed E-state index contributed by atoms with van der Waals surface area (Å²) in [5, 5.41) is 0. The summed E-state index contributed by atoms with van der Waals surface area (Å²) >= 11 is 0. The van der Waals surface area contributed by atoms with Crippen LogP contribution in [0.15, 0.2) is 42.5 Å². The summed E-state index contributed by atoms with van der Waals surface area (Å²) in [4.78, 5) is 13.8. The average Bonchev–Trinajstić information content (AvgIpc) is 2.93. The van der Waals surface area contributed by atoms with E-state index in [0.29, 0.717) is 6.42 Å². The third kappa shape index (κ3) is 3.17. The maximum atomic E-state index is 11.9. The van der Waals surface area contributed by atoms with E-state index in [1.807, 2.05) is 4.90 Å². The summed E-state index contributed by atoms with van der Waals surface area (Å²) in [6, 6.07) is 15.1. The number of hydrogen-bond donors (Lipinski definition) is 0. The first-order valence-electron chi connectivity index (χ1n) is 8.38. The van der Waals surface area contributed by atoms with Gasteiger partial charge in [-0.3, -0.25) is 4.79 Å². The van der Waals surface area contributed by atoms with Gasteiger partial charge in [-0.25, -0.2) is 0 Å². The van der Waals surface area contributed by atoms with Crippen molar-refractivity contribution >= 4 is 11.6 Å². The monoisotopic (exact) mass is 307 g/mol. The lowest BCUT2D eigenvalue weighted by Crippen LogP contribution is -2.23. The molecule has 23 heavy (non-hydrogen) atoms. The van der Waals surface area contributed by atoms with Gasteiger partial charge < -0.3 is 4.90 Å². The van der Waals surface area contributed by atoms with E-state index in [1.54, 1.807) is 0 Å². The predicted octanol–water partition coefficient (Wildman–Crippen LogP) is 5.09. The molecule has 2 aromatic rings. The van der Waals surface area contributed by atoms with E-state index in [1.165, 1.54) is 22.3 Å². The third-order valence-electron chi connectivity index (χ3n) is 4.55. The Bertz CT molecular complexity index is 722. The summed E-state index contributed by atoms with van der Waals surface area (Å²) in [5.41, 5.74) is 6.26. The number of carbonyl (C=O) groups excluding carboxylic acids is 1. The molecule has 1 saturated heterocycles. The minimum atomic E-state index is 0.102. The van der Waals surface area contributed by atoms with Gasteiger partial charge in [0, 0.05) is 18.7 Å². The molecule has 0 bridgehead atoms. The van der Waals surface area contributed by atoms with Gasteiger partial charge in [-0.15, -0.1) is 0 Å². The van der Waals surface area contributed by atoms with Crippen LogP contribution >= 0.6 is 0 Å². The average molecular weight is 307 g/mol. The highest BCUT2D eigenvalue weighted by atomic mass is 16.2. The van der Waals surface area contributed by atoms with Crippen LogP contribution < -0.4 is 4.90 Å². The lowest BCUT2D eigenvalue weighted by molar-refractivity contribution is -0.117. The van der Waals surface area contributed by atoms with Crippen LogP contribution in [-0.4, -0.2) is 12.5 Å². The molecule has 0 aliphatic carbocycles. The smallest absolute Gasteiger partial charge is 0.227 e. The standard InChI is InChI=1S/C21H25NO/c1-15-7-12-18(19(14-15)21(2,3)4)16-8-10-17(11-9-16)22-13-5-6-20(22)23/h7-12,14H,5-6,13H2,1-4H3. The minimum Gasteiger partial charge on any atom is -0.312 e. The number of aryl methyl sites for hydroxylation is 1. The Labute approximate surface area is 139 Å². The fourth-order valence-electron chi connectivity index (χ4n) is 3.27. The maximum Gasteiger partial charge on any atom is 0.227 e. The van der Waals surface area contributed by atoms with Crippen LogP contribution in [-0.2, 0) is 10.2 Å². The van der Waals surface area contributed by atoms with E-state index < -0.39 is 0 Å². The topological polar surface area (TPSA) is 20.3 Å². The fraction of sp³-hybridized carbons (Fsp3) is 0.381. The van der Waals surface area contributed by atoms with Crippen LogP contribution in [0.5, 0.6) is 0 Å². The molecule has 0 N–H and O–H groups in total. The van der Waals surface area contributed by atoms with Crippen molar-refractivity contribution < 1.29 is 4.79 Å². The van der Waals surface area contributed by atoms with Crippen LogP contribution in [0.2, 0.25) is 0 Å². The first kappa shape index (κ1) is 15.8. The molecule has 0 atom stereocenters. The van der Waals surface area contributed by atoms with Gasteiger partial charge in [-0.1, -0.05) is 56.7 Å². The van der Waals surface area contributed by atoms with E-state index in [0.717, 1.165) is 18.7 Å². The molecule has 1 heterocycles. The van der Waals surface area contributed by atoms with E-state index >= 15 is 0 Å². The van der Waals surface area contributed by atoms with Gasteiger partial charge in [-0.05, 0) is 47.6 Å². The molecule has 1 aliphatic rings. The zero-order valence-corrected chi connectivity index (χ0v) is 14.5. The molecule has 0 radical (unpaired) electrons. The molecular weight excluding hydrogens is 282 g/mol. The Hall–Kier alpha value is -2.09. The van der Waals surface area contributed by atoms with Gasteiger partial charge in [0.25, 0.3) is 0 Å². The van der Waals surface area contributed by atoms with Crippen LogP contribution in [0, 0.1) is 6.92 Å². The molecule has 1 fully saturated rings. The van der Waals surface area contributed by atoms with Gasteiger partial charge >= 0.3 is 0 Å². The zero-order valence-electron chi connectivity index (χ0n) is 14.5. The van der Waals surface area contributed by atoms with Crippen molar-refractivity contribution in [1.29, 1.82) is 0 Å². The Morgan fingerprint density at radius 1 is 1.00 bits per heavy atom. The van der Waals surface area contributed by atoms with E-state index in [2.05, 4.69) is 70.2 Å². The van der Waals surface area contributed by atoms with Crippen LogP contribution in [0.25, 0.3) is 11.1 Å². The van der Waals surface area contributed by atoms with E-state index in [9.17, 15) is 4.79 Å². The van der Waals surface area contributed by atoms with Crippen molar-refractivity contribution in [3.05, 3.63) is 53.6 Å². The first-order valence-corrected chi connectivity index (χ1v) is 8.38. The lowest BCUT2D eigenvalue weighted by atomic mass is 9.81. The molecule has 0 saturated carbocycles. The molecule has 1 aliphatic heterocycles. The minimum absolute atomic E-state index is 0.102. The summed E-state index contributed by atoms with van der Waals surface area (Å²) in [6.45, 7) is 9.74. The van der Waals surface area contributed by atoms with Crippen molar-refractivity contribution in [2.45, 2.75) is 46.0 Å². The predicted molar refractivity (Wildman–Crippen MR) is 96.9 cm³/mol. The third-order valence-corrected chi connectivity index (χ3v) is 4.55. The molecule has 120 valence electrons. The highest BCUT2D eigenvalue weighted by Gasteiger charge is 2.22. The number of rotatable bonds is 2. The zero-order chi connectivity index (χ0) is 16.6. The second-order valence-corrected chi connectivity index (χ2v) is 7.49. The molecule has 0 unspecified atom stereocenters. The fourth-order valence-corrected chi connectivity index (χ4v) is 3.27. The Morgan fingerprint density at radius 2 is 1.70 bits per heavy atom. The normalized spacial score (nSPS) is 15.3. The molecule has 2 nitrogen and oxygen atoms in total. The molecule has 2 heteroatoms.